The van der Waals surface area contributed by atoms with Crippen molar-refractivity contribution in [1.82, 2.24) is 0 Å². The molecule has 2 rings (SSSR count). The van der Waals surface area contributed by atoms with Crippen LogP contribution in [0.25, 0.3) is 0 Å². The molecular weight excluding hydrogens is 248 g/mol. The molecule has 1 aromatic carbocycles. The summed E-state index contributed by atoms with van der Waals surface area (Å²) < 4.78 is 0. The standard InChI is InChI=1S/C15H17ClS/c1-3-11-7-8-12(4-2)13(10-11)15(16)14-6-5-9-17-14/h5-10,15H,3-4H2,1-2H3. The summed E-state index contributed by atoms with van der Waals surface area (Å²) in [5, 5.41) is 2.08. The minimum absolute atomic E-state index is 0.00329. The highest BCUT2D eigenvalue weighted by Crippen LogP contribution is 2.34. The van der Waals surface area contributed by atoms with Crippen LogP contribution in [0, 0.1) is 0 Å². The van der Waals surface area contributed by atoms with Gasteiger partial charge in [-0.15, -0.1) is 22.9 Å². The first-order valence-electron chi connectivity index (χ1n) is 6.05. The molecule has 1 atom stereocenters. The number of benzene rings is 1. The molecule has 2 heteroatoms. The number of alkyl halides is 1. The van der Waals surface area contributed by atoms with E-state index in [2.05, 4.69) is 49.6 Å². The quantitative estimate of drug-likeness (QED) is 0.666. The number of aryl methyl sites for hydroxylation is 2. The highest BCUT2D eigenvalue weighted by molar-refractivity contribution is 7.10. The molecule has 0 spiro atoms. The number of thiophene rings is 1. The van der Waals surface area contributed by atoms with E-state index in [-0.39, 0.29) is 5.38 Å². The molecule has 0 fully saturated rings. The van der Waals surface area contributed by atoms with E-state index in [0.29, 0.717) is 0 Å². The van der Waals surface area contributed by atoms with Gasteiger partial charge in [-0.25, -0.2) is 0 Å². The van der Waals surface area contributed by atoms with Gasteiger partial charge in [0, 0.05) is 4.88 Å². The maximum Gasteiger partial charge on any atom is 0.0930 e. The summed E-state index contributed by atoms with van der Waals surface area (Å²) in [5.41, 5.74) is 3.99. The zero-order valence-corrected chi connectivity index (χ0v) is 11.8. The molecule has 0 aliphatic carbocycles. The Balaban J connectivity index is 2.41. The van der Waals surface area contributed by atoms with Gasteiger partial charge in [-0.3, -0.25) is 0 Å². The van der Waals surface area contributed by atoms with E-state index in [1.54, 1.807) is 11.3 Å². The lowest BCUT2D eigenvalue weighted by Crippen LogP contribution is -1.98. The Morgan fingerprint density at radius 1 is 1.18 bits per heavy atom. The van der Waals surface area contributed by atoms with Crippen molar-refractivity contribution < 1.29 is 0 Å². The summed E-state index contributed by atoms with van der Waals surface area (Å²) in [5.74, 6) is 0. The monoisotopic (exact) mass is 264 g/mol. The molecular formula is C15H17ClS. The van der Waals surface area contributed by atoms with E-state index in [0.717, 1.165) is 12.8 Å². The molecule has 1 aromatic heterocycles. The van der Waals surface area contributed by atoms with Crippen LogP contribution in [0.5, 0.6) is 0 Å². The van der Waals surface area contributed by atoms with E-state index in [4.69, 9.17) is 11.6 Å². The van der Waals surface area contributed by atoms with Crippen LogP contribution in [-0.4, -0.2) is 0 Å². The van der Waals surface area contributed by atoms with Gasteiger partial charge in [0.15, 0.2) is 0 Å². The zero-order valence-electron chi connectivity index (χ0n) is 10.2. The van der Waals surface area contributed by atoms with Crippen molar-refractivity contribution in [2.24, 2.45) is 0 Å². The molecule has 90 valence electrons. The van der Waals surface area contributed by atoms with Gasteiger partial charge in [-0.2, -0.15) is 0 Å². The van der Waals surface area contributed by atoms with E-state index >= 15 is 0 Å². The van der Waals surface area contributed by atoms with Crippen LogP contribution in [0.15, 0.2) is 35.7 Å². The predicted octanol–water partition coefficient (Wildman–Crippen LogP) is 5.20. The Morgan fingerprint density at radius 2 is 2.00 bits per heavy atom. The van der Waals surface area contributed by atoms with Gasteiger partial charge in [-0.1, -0.05) is 38.1 Å². The molecule has 1 unspecified atom stereocenters. The van der Waals surface area contributed by atoms with Gasteiger partial charge in [0.1, 0.15) is 0 Å². The van der Waals surface area contributed by atoms with E-state index < -0.39 is 0 Å². The summed E-state index contributed by atoms with van der Waals surface area (Å²) in [6, 6.07) is 10.9. The topological polar surface area (TPSA) is 0 Å². The van der Waals surface area contributed by atoms with Crippen molar-refractivity contribution in [3.8, 4) is 0 Å². The summed E-state index contributed by atoms with van der Waals surface area (Å²) >= 11 is 8.32. The van der Waals surface area contributed by atoms with E-state index in [9.17, 15) is 0 Å². The van der Waals surface area contributed by atoms with Crippen molar-refractivity contribution in [2.75, 3.05) is 0 Å². The average Bonchev–Trinajstić information content (AvgIpc) is 2.91. The van der Waals surface area contributed by atoms with Crippen LogP contribution in [0.4, 0.5) is 0 Å². The maximum atomic E-state index is 6.60. The minimum Gasteiger partial charge on any atom is -0.147 e. The fourth-order valence-corrected chi connectivity index (χ4v) is 3.16. The second-order valence-electron chi connectivity index (χ2n) is 4.12. The van der Waals surface area contributed by atoms with Crippen LogP contribution in [0.2, 0.25) is 0 Å². The van der Waals surface area contributed by atoms with Gasteiger partial charge in [0.05, 0.1) is 5.38 Å². The molecule has 0 aliphatic heterocycles. The predicted molar refractivity (Wildman–Crippen MR) is 77.2 cm³/mol. The third-order valence-corrected chi connectivity index (χ3v) is 4.60. The number of hydrogen-bond donors (Lipinski definition) is 0. The smallest absolute Gasteiger partial charge is 0.0930 e. The summed E-state index contributed by atoms with van der Waals surface area (Å²) in [6.07, 6.45) is 2.10. The summed E-state index contributed by atoms with van der Waals surface area (Å²) in [6.45, 7) is 4.36. The second kappa shape index (κ2) is 5.70. The third kappa shape index (κ3) is 2.72. The SMILES string of the molecule is CCc1ccc(CC)c(C(Cl)c2cccs2)c1. The lowest BCUT2D eigenvalue weighted by atomic mass is 9.97. The molecule has 1 heterocycles. The molecule has 17 heavy (non-hydrogen) atoms. The Labute approximate surface area is 112 Å². The Kier molecular flexibility index (Phi) is 4.25. The van der Waals surface area contributed by atoms with Crippen molar-refractivity contribution in [3.05, 3.63) is 57.3 Å². The van der Waals surface area contributed by atoms with Crippen molar-refractivity contribution in [3.63, 3.8) is 0 Å². The third-order valence-electron chi connectivity index (χ3n) is 3.07. The Bertz CT molecular complexity index is 474. The lowest BCUT2D eigenvalue weighted by Gasteiger charge is -2.14. The first kappa shape index (κ1) is 12.7. The largest absolute Gasteiger partial charge is 0.147 e. The summed E-state index contributed by atoms with van der Waals surface area (Å²) in [7, 11) is 0. The molecule has 0 bridgehead atoms. The fraction of sp³-hybridized carbons (Fsp3) is 0.333. The van der Waals surface area contributed by atoms with Crippen molar-refractivity contribution in [1.29, 1.82) is 0 Å². The molecule has 0 amide bonds. The van der Waals surface area contributed by atoms with Gasteiger partial charge >= 0.3 is 0 Å². The Hall–Kier alpha value is -0.790. The normalized spacial score (nSPS) is 12.6. The highest BCUT2D eigenvalue weighted by Gasteiger charge is 2.15. The maximum absolute atomic E-state index is 6.60. The molecule has 0 aliphatic rings. The van der Waals surface area contributed by atoms with Crippen LogP contribution < -0.4 is 0 Å². The molecule has 0 radical (unpaired) electrons. The highest BCUT2D eigenvalue weighted by atomic mass is 35.5. The van der Waals surface area contributed by atoms with Gasteiger partial charge in [0.25, 0.3) is 0 Å². The lowest BCUT2D eigenvalue weighted by molar-refractivity contribution is 1.03. The number of rotatable bonds is 4. The molecule has 0 N–H and O–H groups in total. The minimum atomic E-state index is -0.00329. The second-order valence-corrected chi connectivity index (χ2v) is 5.53. The van der Waals surface area contributed by atoms with Gasteiger partial charge < -0.3 is 0 Å². The first-order chi connectivity index (χ1) is 8.26. The fourth-order valence-electron chi connectivity index (χ4n) is 2.01. The van der Waals surface area contributed by atoms with Crippen LogP contribution in [0.1, 0.15) is 40.8 Å². The van der Waals surface area contributed by atoms with Crippen LogP contribution >= 0.6 is 22.9 Å². The molecule has 0 saturated heterocycles. The van der Waals surface area contributed by atoms with Crippen LogP contribution in [-0.2, 0) is 12.8 Å². The molecule has 2 aromatic rings. The molecule has 0 saturated carbocycles. The zero-order chi connectivity index (χ0) is 12.3. The molecule has 0 nitrogen and oxygen atoms in total. The van der Waals surface area contributed by atoms with Crippen molar-refractivity contribution >= 4 is 22.9 Å². The first-order valence-corrected chi connectivity index (χ1v) is 7.37. The van der Waals surface area contributed by atoms with Crippen molar-refractivity contribution in [2.45, 2.75) is 32.1 Å². The van der Waals surface area contributed by atoms with Gasteiger partial charge in [-0.05, 0) is 41.0 Å². The Morgan fingerprint density at radius 3 is 2.59 bits per heavy atom. The average molecular weight is 265 g/mol. The number of hydrogen-bond acceptors (Lipinski definition) is 1. The van der Waals surface area contributed by atoms with E-state index in [1.807, 2.05) is 0 Å². The summed E-state index contributed by atoms with van der Waals surface area (Å²) in [4.78, 5) is 1.23. The van der Waals surface area contributed by atoms with Gasteiger partial charge in [0.2, 0.25) is 0 Å². The van der Waals surface area contributed by atoms with E-state index in [1.165, 1.54) is 21.6 Å². The number of halogens is 1. The van der Waals surface area contributed by atoms with Crippen LogP contribution in [0.3, 0.4) is 0 Å².